The van der Waals surface area contributed by atoms with Crippen molar-refractivity contribution in [2.75, 3.05) is 23.8 Å². The second-order valence-corrected chi connectivity index (χ2v) is 7.73. The van der Waals surface area contributed by atoms with Crippen molar-refractivity contribution in [1.29, 1.82) is 0 Å². The van der Waals surface area contributed by atoms with Crippen LogP contribution in [0.15, 0.2) is 66.7 Å². The zero-order valence-electron chi connectivity index (χ0n) is 17.8. The number of nitrogens with zero attached hydrogens (tertiary/aromatic N) is 3. The van der Waals surface area contributed by atoms with Gasteiger partial charge in [0.05, 0.1) is 29.3 Å². The summed E-state index contributed by atoms with van der Waals surface area (Å²) in [5, 5.41) is 10.0. The van der Waals surface area contributed by atoms with E-state index in [4.69, 9.17) is 0 Å². The van der Waals surface area contributed by atoms with Gasteiger partial charge < -0.3 is 10.2 Å². The average Bonchev–Trinajstić information content (AvgIpc) is 3.02. The molecule has 152 valence electrons. The van der Waals surface area contributed by atoms with Crippen molar-refractivity contribution >= 4 is 28.1 Å². The van der Waals surface area contributed by atoms with Crippen LogP contribution in [0.1, 0.15) is 17.0 Å². The first-order valence-electron chi connectivity index (χ1n) is 10.1. The minimum absolute atomic E-state index is 0.0692. The first kappa shape index (κ1) is 19.7. The summed E-state index contributed by atoms with van der Waals surface area (Å²) in [6, 6.07) is 22.6. The molecule has 3 aromatic carbocycles. The Hall–Kier alpha value is -3.60. The maximum absolute atomic E-state index is 12.8. The Morgan fingerprint density at radius 1 is 0.967 bits per heavy atom. The fourth-order valence-corrected chi connectivity index (χ4v) is 3.66. The normalized spacial score (nSPS) is 10.9. The summed E-state index contributed by atoms with van der Waals surface area (Å²) < 4.78 is 1.87. The van der Waals surface area contributed by atoms with E-state index in [0.717, 1.165) is 33.8 Å². The highest BCUT2D eigenvalue weighted by Gasteiger charge is 2.16. The van der Waals surface area contributed by atoms with Gasteiger partial charge in [0.2, 0.25) is 5.91 Å². The molecular formula is C25H26N4O. The van der Waals surface area contributed by atoms with Crippen molar-refractivity contribution < 1.29 is 4.79 Å². The standard InChI is InChI=1S/C25H26N4O/c1-17-9-12-22(13-10-17)29-19(3)25(18(2)27-29)26-24(30)16-28(4)23-14-11-20-7-5-6-8-21(20)15-23/h5-15H,16H2,1-4H3,(H,26,30). The zero-order chi connectivity index (χ0) is 21.3. The molecule has 0 atom stereocenters. The Morgan fingerprint density at radius 2 is 1.67 bits per heavy atom. The number of carbonyl (C=O) groups is 1. The van der Waals surface area contributed by atoms with Crippen LogP contribution in [0.3, 0.4) is 0 Å². The Morgan fingerprint density at radius 3 is 2.40 bits per heavy atom. The molecule has 0 unspecified atom stereocenters. The topological polar surface area (TPSA) is 50.2 Å². The molecule has 1 heterocycles. The summed E-state index contributed by atoms with van der Waals surface area (Å²) in [6.45, 7) is 6.21. The molecule has 30 heavy (non-hydrogen) atoms. The summed E-state index contributed by atoms with van der Waals surface area (Å²) in [6.07, 6.45) is 0. The smallest absolute Gasteiger partial charge is 0.243 e. The fourth-order valence-electron chi connectivity index (χ4n) is 3.66. The number of rotatable bonds is 5. The third kappa shape index (κ3) is 3.92. The van der Waals surface area contributed by atoms with Crippen molar-refractivity contribution in [2.45, 2.75) is 20.8 Å². The van der Waals surface area contributed by atoms with Gasteiger partial charge in [-0.25, -0.2) is 4.68 Å². The molecule has 0 saturated heterocycles. The van der Waals surface area contributed by atoms with Crippen LogP contribution in [0.25, 0.3) is 16.5 Å². The number of fused-ring (bicyclic) bond motifs is 1. The lowest BCUT2D eigenvalue weighted by molar-refractivity contribution is -0.114. The molecule has 0 aliphatic carbocycles. The second-order valence-electron chi connectivity index (χ2n) is 7.73. The van der Waals surface area contributed by atoms with Gasteiger partial charge in [-0.3, -0.25) is 4.79 Å². The molecule has 5 heteroatoms. The van der Waals surface area contributed by atoms with E-state index in [-0.39, 0.29) is 12.5 Å². The van der Waals surface area contributed by atoms with E-state index >= 15 is 0 Å². The number of aromatic nitrogens is 2. The number of nitrogens with one attached hydrogen (secondary N) is 1. The Labute approximate surface area is 176 Å². The SMILES string of the molecule is Cc1ccc(-n2nc(C)c(NC(=O)CN(C)c3ccc4ccccc4c3)c2C)cc1. The first-order chi connectivity index (χ1) is 14.4. The van der Waals surface area contributed by atoms with Gasteiger partial charge in [-0.2, -0.15) is 5.10 Å². The summed E-state index contributed by atoms with van der Waals surface area (Å²) in [4.78, 5) is 14.7. The Kier molecular flexibility index (Phi) is 5.27. The van der Waals surface area contributed by atoms with Crippen LogP contribution in [0.2, 0.25) is 0 Å². The molecule has 0 bridgehead atoms. The van der Waals surface area contributed by atoms with Crippen molar-refractivity contribution in [2.24, 2.45) is 0 Å². The predicted molar refractivity (Wildman–Crippen MR) is 124 cm³/mol. The van der Waals surface area contributed by atoms with Crippen LogP contribution >= 0.6 is 0 Å². The fraction of sp³-hybridized carbons (Fsp3) is 0.200. The lowest BCUT2D eigenvalue weighted by Crippen LogP contribution is -2.30. The molecule has 0 aliphatic heterocycles. The monoisotopic (exact) mass is 398 g/mol. The van der Waals surface area contributed by atoms with E-state index in [1.807, 2.05) is 60.8 Å². The molecule has 0 radical (unpaired) electrons. The Balaban J connectivity index is 1.50. The number of anilines is 2. The van der Waals surface area contributed by atoms with Crippen molar-refractivity contribution in [1.82, 2.24) is 9.78 Å². The summed E-state index contributed by atoms with van der Waals surface area (Å²) in [7, 11) is 1.93. The zero-order valence-corrected chi connectivity index (χ0v) is 17.8. The minimum atomic E-state index is -0.0692. The molecule has 0 fully saturated rings. The van der Waals surface area contributed by atoms with E-state index in [0.29, 0.717) is 0 Å². The molecule has 4 rings (SSSR count). The second kappa shape index (κ2) is 8.03. The molecule has 0 spiro atoms. The van der Waals surface area contributed by atoms with Crippen LogP contribution < -0.4 is 10.2 Å². The van der Waals surface area contributed by atoms with E-state index in [1.165, 1.54) is 10.9 Å². The molecule has 5 nitrogen and oxygen atoms in total. The molecule has 1 amide bonds. The number of aryl methyl sites for hydroxylation is 2. The van der Waals surface area contributed by atoms with Gasteiger partial charge in [-0.15, -0.1) is 0 Å². The van der Waals surface area contributed by atoms with Crippen molar-refractivity contribution in [3.05, 3.63) is 83.7 Å². The quantitative estimate of drug-likeness (QED) is 0.513. The van der Waals surface area contributed by atoms with E-state index in [2.05, 4.69) is 53.7 Å². The lowest BCUT2D eigenvalue weighted by atomic mass is 10.1. The largest absolute Gasteiger partial charge is 0.365 e. The molecule has 0 aliphatic rings. The third-order valence-corrected chi connectivity index (χ3v) is 5.39. The van der Waals surface area contributed by atoms with E-state index in [1.54, 1.807) is 0 Å². The maximum Gasteiger partial charge on any atom is 0.243 e. The predicted octanol–water partition coefficient (Wildman–Crippen LogP) is 5.03. The average molecular weight is 399 g/mol. The summed E-state index contributed by atoms with van der Waals surface area (Å²) in [5.41, 5.74) is 5.67. The molecular weight excluding hydrogens is 372 g/mol. The van der Waals surface area contributed by atoms with Gasteiger partial charge in [-0.05, 0) is 55.8 Å². The van der Waals surface area contributed by atoms with Crippen LogP contribution in [0, 0.1) is 20.8 Å². The summed E-state index contributed by atoms with van der Waals surface area (Å²) in [5.74, 6) is -0.0692. The molecule has 0 saturated carbocycles. The molecule has 1 aromatic heterocycles. The van der Waals surface area contributed by atoms with Crippen LogP contribution in [0.5, 0.6) is 0 Å². The highest BCUT2D eigenvalue weighted by Crippen LogP contribution is 2.24. The number of carbonyl (C=O) groups excluding carboxylic acids is 1. The number of likely N-dealkylation sites (N-methyl/N-ethyl adjacent to an activating group) is 1. The van der Waals surface area contributed by atoms with E-state index in [9.17, 15) is 4.79 Å². The van der Waals surface area contributed by atoms with Crippen LogP contribution in [0.4, 0.5) is 11.4 Å². The van der Waals surface area contributed by atoms with Crippen molar-refractivity contribution in [3.63, 3.8) is 0 Å². The van der Waals surface area contributed by atoms with Crippen molar-refractivity contribution in [3.8, 4) is 5.69 Å². The number of hydrogen-bond acceptors (Lipinski definition) is 3. The first-order valence-corrected chi connectivity index (χ1v) is 10.1. The van der Waals surface area contributed by atoms with Gasteiger partial charge in [0.15, 0.2) is 0 Å². The van der Waals surface area contributed by atoms with Gasteiger partial charge in [-0.1, -0.05) is 48.0 Å². The molecule has 4 aromatic rings. The number of hydrogen-bond donors (Lipinski definition) is 1. The van der Waals surface area contributed by atoms with Gasteiger partial charge >= 0.3 is 0 Å². The summed E-state index contributed by atoms with van der Waals surface area (Å²) >= 11 is 0. The Bertz CT molecular complexity index is 1210. The number of benzene rings is 3. The molecule has 1 N–H and O–H groups in total. The highest BCUT2D eigenvalue weighted by molar-refractivity contribution is 5.95. The van der Waals surface area contributed by atoms with Gasteiger partial charge in [0.1, 0.15) is 0 Å². The number of amides is 1. The van der Waals surface area contributed by atoms with Gasteiger partial charge in [0.25, 0.3) is 0 Å². The van der Waals surface area contributed by atoms with E-state index < -0.39 is 0 Å². The third-order valence-electron chi connectivity index (χ3n) is 5.39. The van der Waals surface area contributed by atoms with Crippen LogP contribution in [-0.2, 0) is 4.79 Å². The lowest BCUT2D eigenvalue weighted by Gasteiger charge is -2.19. The minimum Gasteiger partial charge on any atom is -0.365 e. The highest BCUT2D eigenvalue weighted by atomic mass is 16.2. The van der Waals surface area contributed by atoms with Gasteiger partial charge in [0, 0.05) is 12.7 Å². The maximum atomic E-state index is 12.8. The van der Waals surface area contributed by atoms with Crippen LogP contribution in [-0.4, -0.2) is 29.3 Å².